The molecule has 1 aromatic heterocycles. The van der Waals surface area contributed by atoms with E-state index in [1.165, 1.54) is 11.8 Å². The highest BCUT2D eigenvalue weighted by Crippen LogP contribution is 2.24. The van der Waals surface area contributed by atoms with Crippen LogP contribution >= 0.6 is 35.0 Å². The van der Waals surface area contributed by atoms with Crippen LogP contribution in [0.4, 0.5) is 0 Å². The van der Waals surface area contributed by atoms with Gasteiger partial charge in [0.05, 0.1) is 12.3 Å². The van der Waals surface area contributed by atoms with Crippen LogP contribution in [0.3, 0.4) is 0 Å². The van der Waals surface area contributed by atoms with E-state index in [0.29, 0.717) is 23.1 Å². The van der Waals surface area contributed by atoms with Crippen LogP contribution < -0.4 is 0 Å². The average molecular weight is 359 g/mol. The fraction of sp³-hybridized carbons (Fsp3) is 0.333. The minimum Gasteiger partial charge on any atom is -0.465 e. The number of hydrogen-bond acceptors (Lipinski definition) is 4. The second-order valence-electron chi connectivity index (χ2n) is 4.56. The van der Waals surface area contributed by atoms with Crippen molar-refractivity contribution in [1.29, 1.82) is 0 Å². The molecule has 0 fully saturated rings. The van der Waals surface area contributed by atoms with Crippen LogP contribution in [0.5, 0.6) is 0 Å². The molecule has 0 amide bonds. The maximum atomic E-state index is 11.6. The van der Waals surface area contributed by atoms with Gasteiger partial charge in [0.15, 0.2) is 5.16 Å². The maximum Gasteiger partial charge on any atom is 0.326 e. The normalized spacial score (nSPS) is 10.7. The van der Waals surface area contributed by atoms with E-state index in [4.69, 9.17) is 27.9 Å². The molecule has 0 spiro atoms. The summed E-state index contributed by atoms with van der Waals surface area (Å²) >= 11 is 13.6. The van der Waals surface area contributed by atoms with Gasteiger partial charge in [-0.3, -0.25) is 4.79 Å². The second-order valence-corrected chi connectivity index (χ2v) is 6.18. The molecule has 4 nitrogen and oxygen atoms in total. The number of halogens is 2. The number of imidazole rings is 1. The summed E-state index contributed by atoms with van der Waals surface area (Å²) in [4.78, 5) is 16.2. The minimum atomic E-state index is -0.272. The van der Waals surface area contributed by atoms with Crippen LogP contribution in [0, 0.1) is 0 Å². The van der Waals surface area contributed by atoms with Gasteiger partial charge in [-0.15, -0.1) is 0 Å². The Bertz CT molecular complexity index is 674. The van der Waals surface area contributed by atoms with E-state index in [-0.39, 0.29) is 12.5 Å². The lowest BCUT2D eigenvalue weighted by molar-refractivity contribution is -0.143. The molecule has 0 aliphatic carbocycles. The molecule has 0 saturated carbocycles. The Morgan fingerprint density at radius 2 is 2.18 bits per heavy atom. The number of rotatable bonds is 6. The Labute approximate surface area is 143 Å². The summed E-state index contributed by atoms with van der Waals surface area (Å²) in [6.45, 7) is 2.32. The second kappa shape index (κ2) is 7.90. The molecule has 0 bridgehead atoms. The molecule has 0 N–H and O–H groups in total. The molecule has 0 aliphatic rings. The summed E-state index contributed by atoms with van der Waals surface area (Å²) in [6, 6.07) is 5.39. The van der Waals surface area contributed by atoms with Crippen molar-refractivity contribution in [3.05, 3.63) is 45.7 Å². The number of aromatic nitrogens is 2. The molecule has 22 heavy (non-hydrogen) atoms. The average Bonchev–Trinajstić information content (AvgIpc) is 2.84. The van der Waals surface area contributed by atoms with Gasteiger partial charge >= 0.3 is 5.97 Å². The molecule has 0 atom stereocenters. The van der Waals surface area contributed by atoms with Crippen molar-refractivity contribution in [2.24, 2.45) is 0 Å². The van der Waals surface area contributed by atoms with E-state index in [0.717, 1.165) is 16.4 Å². The summed E-state index contributed by atoms with van der Waals surface area (Å²) < 4.78 is 6.77. The van der Waals surface area contributed by atoms with Crippen molar-refractivity contribution < 1.29 is 9.53 Å². The Morgan fingerprint density at radius 1 is 1.41 bits per heavy atom. The molecule has 0 unspecified atom stereocenters. The van der Waals surface area contributed by atoms with Crippen LogP contribution in [0.1, 0.15) is 18.2 Å². The van der Waals surface area contributed by atoms with Gasteiger partial charge in [-0.25, -0.2) is 4.98 Å². The van der Waals surface area contributed by atoms with Crippen LogP contribution in [-0.2, 0) is 22.5 Å². The topological polar surface area (TPSA) is 44.1 Å². The first-order valence-corrected chi connectivity index (χ1v) is 8.71. The standard InChI is InChI=1S/C15H16Cl2N2O2S/c1-3-21-14(20)9-19-8-12(18-15(19)22-2)6-10-4-5-11(16)7-13(10)17/h4-5,7-8H,3,6,9H2,1-2H3. The van der Waals surface area contributed by atoms with Gasteiger partial charge < -0.3 is 9.30 Å². The van der Waals surface area contributed by atoms with E-state index in [1.54, 1.807) is 23.6 Å². The van der Waals surface area contributed by atoms with Gasteiger partial charge in [-0.1, -0.05) is 41.0 Å². The monoisotopic (exact) mass is 358 g/mol. The Morgan fingerprint density at radius 3 is 2.82 bits per heavy atom. The highest BCUT2D eigenvalue weighted by Gasteiger charge is 2.12. The minimum absolute atomic E-state index is 0.158. The number of hydrogen-bond donors (Lipinski definition) is 0. The van der Waals surface area contributed by atoms with Gasteiger partial charge in [0.1, 0.15) is 6.54 Å². The van der Waals surface area contributed by atoms with E-state index in [2.05, 4.69) is 4.98 Å². The van der Waals surface area contributed by atoms with E-state index >= 15 is 0 Å². The van der Waals surface area contributed by atoms with Gasteiger partial charge in [0.25, 0.3) is 0 Å². The van der Waals surface area contributed by atoms with Crippen LogP contribution in [-0.4, -0.2) is 28.4 Å². The van der Waals surface area contributed by atoms with Crippen molar-refractivity contribution in [2.75, 3.05) is 12.9 Å². The molecular formula is C15H16Cl2N2O2S. The molecular weight excluding hydrogens is 343 g/mol. The number of nitrogens with zero attached hydrogens (tertiary/aromatic N) is 2. The third-order valence-electron chi connectivity index (χ3n) is 2.96. The Balaban J connectivity index is 2.18. The van der Waals surface area contributed by atoms with Gasteiger partial charge in [0.2, 0.25) is 0 Å². The molecule has 1 aromatic carbocycles. The zero-order valence-electron chi connectivity index (χ0n) is 12.3. The highest BCUT2D eigenvalue weighted by molar-refractivity contribution is 7.98. The first-order chi connectivity index (χ1) is 10.5. The van der Waals surface area contributed by atoms with Gasteiger partial charge in [-0.2, -0.15) is 0 Å². The number of thioether (sulfide) groups is 1. The third kappa shape index (κ3) is 4.41. The van der Waals surface area contributed by atoms with Crippen molar-refractivity contribution in [3.8, 4) is 0 Å². The van der Waals surface area contributed by atoms with Gasteiger partial charge in [0, 0.05) is 22.7 Å². The van der Waals surface area contributed by atoms with E-state index in [1.807, 2.05) is 18.5 Å². The fourth-order valence-electron chi connectivity index (χ4n) is 2.02. The van der Waals surface area contributed by atoms with Crippen LogP contribution in [0.15, 0.2) is 29.6 Å². The quantitative estimate of drug-likeness (QED) is 0.576. The lowest BCUT2D eigenvalue weighted by atomic mass is 10.1. The first-order valence-electron chi connectivity index (χ1n) is 6.73. The lowest BCUT2D eigenvalue weighted by Gasteiger charge is -2.04. The zero-order valence-corrected chi connectivity index (χ0v) is 14.6. The molecule has 7 heteroatoms. The maximum absolute atomic E-state index is 11.6. The molecule has 2 rings (SSSR count). The van der Waals surface area contributed by atoms with Crippen molar-refractivity contribution >= 4 is 40.9 Å². The van der Waals surface area contributed by atoms with Crippen molar-refractivity contribution in [2.45, 2.75) is 25.0 Å². The number of carbonyl (C=O) groups is 1. The Hall–Kier alpha value is -1.17. The third-order valence-corrected chi connectivity index (χ3v) is 4.24. The molecule has 2 aromatic rings. The first kappa shape index (κ1) is 17.2. The van der Waals surface area contributed by atoms with E-state index in [9.17, 15) is 4.79 Å². The van der Waals surface area contributed by atoms with Gasteiger partial charge in [-0.05, 0) is 30.9 Å². The predicted molar refractivity (Wildman–Crippen MR) is 89.9 cm³/mol. The highest BCUT2D eigenvalue weighted by atomic mass is 35.5. The zero-order chi connectivity index (χ0) is 16.1. The van der Waals surface area contributed by atoms with Crippen LogP contribution in [0.2, 0.25) is 10.0 Å². The smallest absolute Gasteiger partial charge is 0.326 e. The number of ether oxygens (including phenoxy) is 1. The molecule has 0 aliphatic heterocycles. The Kier molecular flexibility index (Phi) is 6.17. The lowest BCUT2D eigenvalue weighted by Crippen LogP contribution is -2.13. The summed E-state index contributed by atoms with van der Waals surface area (Å²) in [7, 11) is 0. The summed E-state index contributed by atoms with van der Waals surface area (Å²) in [5.74, 6) is -0.272. The number of benzene rings is 1. The van der Waals surface area contributed by atoms with Crippen molar-refractivity contribution in [3.63, 3.8) is 0 Å². The van der Waals surface area contributed by atoms with E-state index < -0.39 is 0 Å². The van der Waals surface area contributed by atoms with Crippen LogP contribution in [0.25, 0.3) is 0 Å². The number of esters is 1. The molecule has 1 heterocycles. The number of carbonyl (C=O) groups excluding carboxylic acids is 1. The molecule has 118 valence electrons. The fourth-order valence-corrected chi connectivity index (χ4v) is 3.05. The summed E-state index contributed by atoms with van der Waals surface area (Å²) in [6.07, 6.45) is 4.36. The molecule has 0 saturated heterocycles. The van der Waals surface area contributed by atoms with Crippen molar-refractivity contribution in [1.82, 2.24) is 9.55 Å². The summed E-state index contributed by atoms with van der Waals surface area (Å²) in [5, 5.41) is 1.98. The summed E-state index contributed by atoms with van der Waals surface area (Å²) in [5.41, 5.74) is 1.79. The predicted octanol–water partition coefficient (Wildman–Crippen LogP) is 4.07. The SMILES string of the molecule is CCOC(=O)Cn1cc(Cc2ccc(Cl)cc2Cl)nc1SC. The molecule has 0 radical (unpaired) electrons. The largest absolute Gasteiger partial charge is 0.465 e.